The molecule has 0 bridgehead atoms. The van der Waals surface area contributed by atoms with E-state index in [2.05, 4.69) is 25.5 Å². The summed E-state index contributed by atoms with van der Waals surface area (Å²) in [4.78, 5) is 41.9. The molecule has 11 nitrogen and oxygen atoms in total. The summed E-state index contributed by atoms with van der Waals surface area (Å²) in [5.41, 5.74) is 8.09. The Morgan fingerprint density at radius 2 is 1.20 bits per heavy atom. The van der Waals surface area contributed by atoms with Gasteiger partial charge in [-0.2, -0.15) is 22.5 Å². The highest BCUT2D eigenvalue weighted by atomic mass is 35.5. The molecule has 1 amide bonds. The maximum absolute atomic E-state index is 12.6. The molecule has 0 fully saturated rings. The zero-order chi connectivity index (χ0) is 38.7. The number of nitrogens with one attached hydrogen (secondary N) is 3. The molecule has 0 aliphatic heterocycles. The fourth-order valence-corrected chi connectivity index (χ4v) is 5.33. The summed E-state index contributed by atoms with van der Waals surface area (Å²) >= 11 is 12.5. The number of alkyl halides is 3. The Balaban J connectivity index is 0.000000238. The molecule has 284 valence electrons. The lowest BCUT2D eigenvalue weighted by atomic mass is 9.95. The molecule has 0 saturated carbocycles. The van der Waals surface area contributed by atoms with Crippen LogP contribution < -0.4 is 22.4 Å². The number of aromatic amines is 2. The van der Waals surface area contributed by atoms with Crippen LogP contribution in [0.25, 0.3) is 34.2 Å². The van der Waals surface area contributed by atoms with Gasteiger partial charge in [0.2, 0.25) is 5.91 Å². The lowest BCUT2D eigenvalue weighted by molar-refractivity contribution is -0.137. The van der Waals surface area contributed by atoms with Crippen molar-refractivity contribution >= 4 is 29.1 Å². The molecule has 4 aromatic carbocycles. The molecular weight excluding hydrogens is 744 g/mol. The Morgan fingerprint density at radius 1 is 0.759 bits per heavy atom. The fraction of sp³-hybridized carbons (Fsp3) is 0.237. The average molecular weight is 784 g/mol. The van der Waals surface area contributed by atoms with Gasteiger partial charge in [-0.3, -0.25) is 14.8 Å². The number of hydrogen-bond acceptors (Lipinski definition) is 6. The van der Waals surface area contributed by atoms with Gasteiger partial charge in [-0.1, -0.05) is 81.2 Å². The van der Waals surface area contributed by atoms with Gasteiger partial charge in [0.1, 0.15) is 0 Å². The second-order valence-corrected chi connectivity index (χ2v) is 13.8. The zero-order valence-corrected chi connectivity index (χ0v) is 30.5. The lowest BCUT2D eigenvalue weighted by Crippen LogP contribution is -2.34. The lowest BCUT2D eigenvalue weighted by Gasteiger charge is -2.17. The number of amides is 1. The SMILES string of the molecule is C.Cc1ccc(-n2nc(-c3cc(CNC(=O)C(C)(C)C)ccc3Cl)[nH]c2=O)cc1.NCc1ccc(Cl)c(-c2nn(-c3ccc(C(F)(F)F)cc3)c(=O)[nH]2)c1. The number of benzene rings is 4. The van der Waals surface area contributed by atoms with Crippen molar-refractivity contribution in [2.45, 2.75) is 54.4 Å². The highest BCUT2D eigenvalue weighted by molar-refractivity contribution is 6.33. The van der Waals surface area contributed by atoms with Gasteiger partial charge < -0.3 is 11.1 Å². The van der Waals surface area contributed by atoms with Gasteiger partial charge in [0.05, 0.1) is 27.0 Å². The van der Waals surface area contributed by atoms with Crippen LogP contribution in [0.3, 0.4) is 0 Å². The van der Waals surface area contributed by atoms with Crippen molar-refractivity contribution in [3.8, 4) is 34.2 Å². The largest absolute Gasteiger partial charge is 0.416 e. The Hall–Kier alpha value is -5.44. The van der Waals surface area contributed by atoms with Crippen LogP contribution in [0.5, 0.6) is 0 Å². The minimum Gasteiger partial charge on any atom is -0.352 e. The number of carbonyl (C=O) groups excluding carboxylic acids is 1. The molecule has 0 spiro atoms. The first-order valence-corrected chi connectivity index (χ1v) is 16.9. The molecule has 2 heterocycles. The molecule has 6 aromatic rings. The van der Waals surface area contributed by atoms with E-state index in [0.29, 0.717) is 39.2 Å². The second-order valence-electron chi connectivity index (χ2n) is 13.0. The number of hydrogen-bond donors (Lipinski definition) is 4. The number of nitrogens with zero attached hydrogens (tertiary/aromatic N) is 4. The number of aryl methyl sites for hydroxylation is 1. The maximum atomic E-state index is 12.6. The summed E-state index contributed by atoms with van der Waals surface area (Å²) < 4.78 is 40.2. The molecule has 0 atom stereocenters. The third kappa shape index (κ3) is 9.75. The Labute approximate surface area is 319 Å². The van der Waals surface area contributed by atoms with Gasteiger partial charge in [-0.15, -0.1) is 10.2 Å². The number of H-pyrrole nitrogens is 2. The number of carbonyl (C=O) groups is 1. The van der Waals surface area contributed by atoms with Crippen molar-refractivity contribution in [1.82, 2.24) is 34.8 Å². The van der Waals surface area contributed by atoms with Crippen molar-refractivity contribution < 1.29 is 18.0 Å². The van der Waals surface area contributed by atoms with E-state index in [1.54, 1.807) is 24.3 Å². The van der Waals surface area contributed by atoms with E-state index in [1.165, 1.54) is 16.8 Å². The Kier molecular flexibility index (Phi) is 12.8. The Morgan fingerprint density at radius 3 is 1.65 bits per heavy atom. The zero-order valence-electron chi connectivity index (χ0n) is 29.0. The van der Waals surface area contributed by atoms with E-state index in [4.69, 9.17) is 28.9 Å². The molecule has 2 aromatic heterocycles. The summed E-state index contributed by atoms with van der Waals surface area (Å²) in [6, 6.07) is 22.1. The Bertz CT molecular complexity index is 2360. The number of aromatic nitrogens is 6. The highest BCUT2D eigenvalue weighted by Gasteiger charge is 2.30. The molecule has 0 saturated heterocycles. The van der Waals surface area contributed by atoms with E-state index < -0.39 is 22.8 Å². The van der Waals surface area contributed by atoms with Crippen LogP contribution in [0.2, 0.25) is 10.0 Å². The van der Waals surface area contributed by atoms with Gasteiger partial charge in [0, 0.05) is 29.6 Å². The van der Waals surface area contributed by atoms with Crippen molar-refractivity contribution in [2.24, 2.45) is 11.1 Å². The minimum atomic E-state index is -4.45. The molecule has 0 aliphatic rings. The van der Waals surface area contributed by atoms with Gasteiger partial charge >= 0.3 is 17.6 Å². The summed E-state index contributed by atoms with van der Waals surface area (Å²) in [5, 5.41) is 12.3. The minimum absolute atomic E-state index is 0. The van der Waals surface area contributed by atoms with Crippen LogP contribution in [-0.4, -0.2) is 35.4 Å². The third-order valence-corrected chi connectivity index (χ3v) is 8.55. The average Bonchev–Trinajstić information content (AvgIpc) is 3.70. The van der Waals surface area contributed by atoms with Crippen LogP contribution in [0.15, 0.2) is 94.5 Å². The molecule has 0 aliphatic carbocycles. The smallest absolute Gasteiger partial charge is 0.352 e. The summed E-state index contributed by atoms with van der Waals surface area (Å²) in [6.45, 7) is 8.21. The van der Waals surface area contributed by atoms with E-state index in [9.17, 15) is 27.6 Å². The van der Waals surface area contributed by atoms with Crippen LogP contribution in [0.4, 0.5) is 13.2 Å². The van der Waals surface area contributed by atoms with Gasteiger partial charge in [0.15, 0.2) is 11.6 Å². The second kappa shape index (κ2) is 16.7. The molecule has 54 heavy (non-hydrogen) atoms. The molecule has 5 N–H and O–H groups in total. The van der Waals surface area contributed by atoms with Crippen molar-refractivity contribution in [3.05, 3.63) is 138 Å². The summed E-state index contributed by atoms with van der Waals surface area (Å²) in [5.74, 6) is 0.533. The van der Waals surface area contributed by atoms with Gasteiger partial charge in [0.25, 0.3) is 0 Å². The fourth-order valence-electron chi connectivity index (χ4n) is 4.91. The predicted octanol–water partition coefficient (Wildman–Crippen LogP) is 7.85. The van der Waals surface area contributed by atoms with E-state index in [0.717, 1.165) is 33.5 Å². The molecule has 0 unspecified atom stereocenters. The predicted molar refractivity (Wildman–Crippen MR) is 205 cm³/mol. The maximum Gasteiger partial charge on any atom is 0.416 e. The van der Waals surface area contributed by atoms with Crippen molar-refractivity contribution in [2.75, 3.05) is 0 Å². The number of nitrogens with two attached hydrogens (primary N) is 1. The van der Waals surface area contributed by atoms with E-state index >= 15 is 0 Å². The van der Waals surface area contributed by atoms with Crippen molar-refractivity contribution in [3.63, 3.8) is 0 Å². The molecular formula is C38H39Cl2F3N8O3. The molecule has 16 heteroatoms. The molecule has 6 rings (SSSR count). The van der Waals surface area contributed by atoms with Crippen LogP contribution in [0.1, 0.15) is 50.5 Å². The summed E-state index contributed by atoms with van der Waals surface area (Å²) in [7, 11) is 0. The number of halogens is 5. The quantitative estimate of drug-likeness (QED) is 0.129. The van der Waals surface area contributed by atoms with E-state index in [-0.39, 0.29) is 37.1 Å². The first kappa shape index (κ1) is 41.3. The highest BCUT2D eigenvalue weighted by Crippen LogP contribution is 2.30. The first-order chi connectivity index (χ1) is 24.9. The monoisotopic (exact) mass is 782 g/mol. The van der Waals surface area contributed by atoms with Crippen LogP contribution >= 0.6 is 23.2 Å². The van der Waals surface area contributed by atoms with Crippen LogP contribution in [0, 0.1) is 12.3 Å². The standard InChI is InChI=1S/C21H23ClN4O2.C16H12ClF3N4O.CH4/c1-13-5-8-15(9-6-13)26-20(28)24-18(25-26)16-11-14(7-10-17(16)22)12-23-19(27)21(2,3)4;17-13-6-1-9(8-21)7-12(13)14-22-15(25)24(23-14)11-4-2-10(3-5-11)16(18,19)20;/h5-11H,12H2,1-4H3,(H,23,27)(H,24,25,28);1-7H,8,21H2,(H,22,23,25);1H4. The van der Waals surface area contributed by atoms with Crippen molar-refractivity contribution in [1.29, 1.82) is 0 Å². The molecule has 0 radical (unpaired) electrons. The first-order valence-electron chi connectivity index (χ1n) is 16.1. The van der Waals surface area contributed by atoms with Gasteiger partial charge in [-0.25, -0.2) is 9.59 Å². The number of rotatable bonds is 7. The van der Waals surface area contributed by atoms with E-state index in [1.807, 2.05) is 64.1 Å². The summed E-state index contributed by atoms with van der Waals surface area (Å²) in [6.07, 6.45) is -4.45. The topological polar surface area (TPSA) is 156 Å². The van der Waals surface area contributed by atoms with Crippen LogP contribution in [-0.2, 0) is 24.1 Å². The normalized spacial score (nSPS) is 11.4. The van der Waals surface area contributed by atoms with Gasteiger partial charge in [-0.05, 0) is 78.7 Å². The third-order valence-electron chi connectivity index (χ3n) is 7.89.